The van der Waals surface area contributed by atoms with Crippen LogP contribution in [-0.4, -0.2) is 32.6 Å². The Morgan fingerprint density at radius 1 is 1.41 bits per heavy atom. The molecule has 0 amide bonds. The summed E-state index contributed by atoms with van der Waals surface area (Å²) in [6.45, 7) is 0. The zero-order chi connectivity index (χ0) is 15.5. The van der Waals surface area contributed by atoms with Gasteiger partial charge in [0.15, 0.2) is 10.8 Å². The maximum absolute atomic E-state index is 12.1. The first-order valence-corrected chi connectivity index (χ1v) is 7.40. The Balaban J connectivity index is 2.11. The molecule has 0 aliphatic rings. The van der Waals surface area contributed by atoms with Crippen LogP contribution in [0.3, 0.4) is 0 Å². The predicted octanol–water partition coefficient (Wildman–Crippen LogP) is 1.84. The molecule has 0 atom stereocenters. The summed E-state index contributed by atoms with van der Waals surface area (Å²) in [5.74, 6) is 3.68. The van der Waals surface area contributed by atoms with Gasteiger partial charge in [0.1, 0.15) is 11.1 Å². The smallest absolute Gasteiger partial charge is 0.262 e. The minimum Gasteiger partial charge on any atom is -0.497 e. The molecule has 0 aliphatic heterocycles. The van der Waals surface area contributed by atoms with Crippen molar-refractivity contribution in [2.45, 2.75) is 5.16 Å². The molecule has 110 valence electrons. The van der Waals surface area contributed by atoms with E-state index < -0.39 is 0 Å². The Kier molecular flexibility index (Phi) is 3.85. The Morgan fingerprint density at radius 3 is 2.86 bits per heavy atom. The van der Waals surface area contributed by atoms with Crippen LogP contribution in [0.4, 0.5) is 0 Å². The molecule has 6 nitrogen and oxygen atoms in total. The third-order valence-corrected chi connectivity index (χ3v) is 3.80. The van der Waals surface area contributed by atoms with Crippen molar-refractivity contribution in [3.05, 3.63) is 40.8 Å². The molecule has 2 aromatic heterocycles. The van der Waals surface area contributed by atoms with Gasteiger partial charge >= 0.3 is 0 Å². The standard InChI is InChI=1S/C15H12N4O2S/c1-3-8-22-15-17-13-12(14(20)18-15)9-16-19(13)10-4-6-11(21-2)7-5-10/h1,4-7,9H,8H2,2H3,(H,17,18,20). The van der Waals surface area contributed by atoms with Gasteiger partial charge in [-0.25, -0.2) is 9.67 Å². The third kappa shape index (κ3) is 2.56. The molecular formula is C15H12N4O2S. The molecule has 0 fully saturated rings. The molecule has 3 aromatic rings. The summed E-state index contributed by atoms with van der Waals surface area (Å²) >= 11 is 1.30. The number of H-pyrrole nitrogens is 1. The highest BCUT2D eigenvalue weighted by Gasteiger charge is 2.11. The SMILES string of the molecule is C#CCSc1nc2c(cnn2-c2ccc(OC)cc2)c(=O)[nH]1. The van der Waals surface area contributed by atoms with Crippen LogP contribution < -0.4 is 10.3 Å². The van der Waals surface area contributed by atoms with Crippen molar-refractivity contribution in [3.8, 4) is 23.8 Å². The van der Waals surface area contributed by atoms with Gasteiger partial charge in [-0.15, -0.1) is 6.42 Å². The number of ether oxygens (including phenoxy) is 1. The second-order valence-electron chi connectivity index (χ2n) is 4.36. The van der Waals surface area contributed by atoms with Crippen LogP contribution in [0.1, 0.15) is 0 Å². The van der Waals surface area contributed by atoms with Crippen molar-refractivity contribution in [3.63, 3.8) is 0 Å². The lowest BCUT2D eigenvalue weighted by atomic mass is 10.3. The molecule has 7 heteroatoms. The van der Waals surface area contributed by atoms with Gasteiger partial charge in [-0.2, -0.15) is 5.10 Å². The van der Waals surface area contributed by atoms with Crippen LogP contribution in [0, 0.1) is 12.3 Å². The average Bonchev–Trinajstić information content (AvgIpc) is 2.97. The number of aromatic amines is 1. The number of nitrogens with one attached hydrogen (secondary N) is 1. The van der Waals surface area contributed by atoms with Gasteiger partial charge in [0, 0.05) is 0 Å². The fraction of sp³-hybridized carbons (Fsp3) is 0.133. The fourth-order valence-electron chi connectivity index (χ4n) is 1.99. The van der Waals surface area contributed by atoms with Crippen LogP contribution in [0.25, 0.3) is 16.7 Å². The highest BCUT2D eigenvalue weighted by atomic mass is 32.2. The van der Waals surface area contributed by atoms with Gasteiger partial charge in [-0.1, -0.05) is 17.7 Å². The van der Waals surface area contributed by atoms with Crippen molar-refractivity contribution >= 4 is 22.8 Å². The topological polar surface area (TPSA) is 72.8 Å². The van der Waals surface area contributed by atoms with Gasteiger partial charge in [0.05, 0.1) is 24.7 Å². The van der Waals surface area contributed by atoms with Gasteiger partial charge in [0.2, 0.25) is 0 Å². The van der Waals surface area contributed by atoms with E-state index in [0.717, 1.165) is 11.4 Å². The largest absolute Gasteiger partial charge is 0.497 e. The molecule has 0 spiro atoms. The van der Waals surface area contributed by atoms with Crippen molar-refractivity contribution in [1.82, 2.24) is 19.7 Å². The molecule has 1 aromatic carbocycles. The summed E-state index contributed by atoms with van der Waals surface area (Å²) in [7, 11) is 1.61. The molecule has 22 heavy (non-hydrogen) atoms. The summed E-state index contributed by atoms with van der Waals surface area (Å²) in [5, 5.41) is 5.16. The van der Waals surface area contributed by atoms with E-state index in [4.69, 9.17) is 11.2 Å². The van der Waals surface area contributed by atoms with E-state index in [1.807, 2.05) is 24.3 Å². The second kappa shape index (κ2) is 5.95. The molecule has 3 rings (SSSR count). The minimum atomic E-state index is -0.232. The maximum atomic E-state index is 12.1. The monoisotopic (exact) mass is 312 g/mol. The van der Waals surface area contributed by atoms with E-state index in [1.165, 1.54) is 18.0 Å². The summed E-state index contributed by atoms with van der Waals surface area (Å²) < 4.78 is 6.75. The number of thioether (sulfide) groups is 1. The van der Waals surface area contributed by atoms with Crippen LogP contribution >= 0.6 is 11.8 Å². The summed E-state index contributed by atoms with van der Waals surface area (Å²) in [5.41, 5.74) is 1.06. The molecule has 1 N–H and O–H groups in total. The molecule has 2 heterocycles. The number of fused-ring (bicyclic) bond motifs is 1. The molecule has 0 aliphatic carbocycles. The lowest BCUT2D eigenvalue weighted by Crippen LogP contribution is -2.09. The van der Waals surface area contributed by atoms with Gasteiger partial charge in [-0.05, 0) is 24.3 Å². The predicted molar refractivity (Wildman–Crippen MR) is 85.6 cm³/mol. The van der Waals surface area contributed by atoms with E-state index in [0.29, 0.717) is 21.9 Å². The Morgan fingerprint density at radius 2 is 2.18 bits per heavy atom. The van der Waals surface area contributed by atoms with E-state index >= 15 is 0 Å². The number of nitrogens with zero attached hydrogens (tertiary/aromatic N) is 3. The number of terminal acetylenes is 1. The Bertz CT molecular complexity index is 906. The van der Waals surface area contributed by atoms with E-state index in [9.17, 15) is 4.79 Å². The number of rotatable bonds is 4. The maximum Gasteiger partial charge on any atom is 0.262 e. The third-order valence-electron chi connectivity index (χ3n) is 3.03. The van der Waals surface area contributed by atoms with Crippen LogP contribution in [-0.2, 0) is 0 Å². The number of hydrogen-bond donors (Lipinski definition) is 1. The average molecular weight is 312 g/mol. The van der Waals surface area contributed by atoms with Crippen molar-refractivity contribution < 1.29 is 4.74 Å². The van der Waals surface area contributed by atoms with Crippen LogP contribution in [0.15, 0.2) is 40.4 Å². The fourth-order valence-corrected chi connectivity index (χ4v) is 2.53. The molecule has 0 bridgehead atoms. The van der Waals surface area contributed by atoms with Gasteiger partial charge < -0.3 is 9.72 Å². The highest BCUT2D eigenvalue weighted by Crippen LogP contribution is 2.19. The van der Waals surface area contributed by atoms with E-state index in [1.54, 1.807) is 11.8 Å². The minimum absolute atomic E-state index is 0.232. The molecule has 0 saturated carbocycles. The second-order valence-corrected chi connectivity index (χ2v) is 5.32. The molecule has 0 radical (unpaired) electrons. The van der Waals surface area contributed by atoms with Crippen molar-refractivity contribution in [2.24, 2.45) is 0 Å². The van der Waals surface area contributed by atoms with Crippen molar-refractivity contribution in [2.75, 3.05) is 12.9 Å². The zero-order valence-electron chi connectivity index (χ0n) is 11.7. The number of aromatic nitrogens is 4. The lowest BCUT2D eigenvalue weighted by molar-refractivity contribution is 0.414. The summed E-state index contributed by atoms with van der Waals surface area (Å²) in [4.78, 5) is 19.2. The van der Waals surface area contributed by atoms with Crippen LogP contribution in [0.2, 0.25) is 0 Å². The molecule has 0 saturated heterocycles. The molecular weight excluding hydrogens is 300 g/mol. The summed E-state index contributed by atoms with van der Waals surface area (Å²) in [6.07, 6.45) is 6.74. The normalized spacial score (nSPS) is 10.5. The molecule has 0 unspecified atom stereocenters. The van der Waals surface area contributed by atoms with Crippen LogP contribution in [0.5, 0.6) is 5.75 Å². The highest BCUT2D eigenvalue weighted by molar-refractivity contribution is 7.99. The lowest BCUT2D eigenvalue weighted by Gasteiger charge is -2.05. The Hall–Kier alpha value is -2.72. The number of benzene rings is 1. The van der Waals surface area contributed by atoms with Crippen molar-refractivity contribution in [1.29, 1.82) is 0 Å². The first-order chi connectivity index (χ1) is 10.7. The number of hydrogen-bond acceptors (Lipinski definition) is 5. The Labute approximate surface area is 130 Å². The summed E-state index contributed by atoms with van der Waals surface area (Å²) in [6, 6.07) is 7.35. The van der Waals surface area contributed by atoms with Gasteiger partial charge in [0.25, 0.3) is 5.56 Å². The van der Waals surface area contributed by atoms with E-state index in [2.05, 4.69) is 21.0 Å². The first-order valence-electron chi connectivity index (χ1n) is 6.41. The van der Waals surface area contributed by atoms with E-state index in [-0.39, 0.29) is 5.56 Å². The first kappa shape index (κ1) is 14.2. The zero-order valence-corrected chi connectivity index (χ0v) is 12.6. The number of methoxy groups -OCH3 is 1. The quantitative estimate of drug-likeness (QED) is 0.452. The van der Waals surface area contributed by atoms with Gasteiger partial charge in [-0.3, -0.25) is 4.79 Å².